The number of carbonyl (C=O) groups is 1. The molecule has 0 bridgehead atoms. The van der Waals surface area contributed by atoms with E-state index in [1.807, 2.05) is 0 Å². The molecule has 1 aromatic carbocycles. The lowest BCUT2D eigenvalue weighted by Crippen LogP contribution is -1.98. The fourth-order valence-corrected chi connectivity index (χ4v) is 2.31. The number of carbonyl (C=O) groups excluding carboxylic acids is 1. The van der Waals surface area contributed by atoms with Gasteiger partial charge in [0, 0.05) is 28.2 Å². The third-order valence-electron chi connectivity index (χ3n) is 2.73. The zero-order chi connectivity index (χ0) is 16.1. The van der Waals surface area contributed by atoms with Crippen molar-refractivity contribution in [1.82, 2.24) is 0 Å². The number of nitro benzene ring substituents is 1. The van der Waals surface area contributed by atoms with Crippen molar-refractivity contribution in [2.45, 2.75) is 6.92 Å². The van der Waals surface area contributed by atoms with Crippen molar-refractivity contribution in [3.8, 4) is 11.3 Å². The molecule has 0 aliphatic carbocycles. The minimum atomic E-state index is -0.468. The van der Waals surface area contributed by atoms with Gasteiger partial charge in [-0.15, -0.1) is 0 Å². The summed E-state index contributed by atoms with van der Waals surface area (Å²) in [5.74, 6) is 0.565. The Bertz CT molecular complexity index is 735. The summed E-state index contributed by atoms with van der Waals surface area (Å²) in [4.78, 5) is 21.5. The standard InChI is InChI=1S/C15H12BrNO5/c1-2-21-15(18)8-5-11-4-7-14(22-11)12-6-3-10(17(19)20)9-13(12)16/h3-9H,2H2,1H3/b8-5+. The number of halogens is 1. The topological polar surface area (TPSA) is 82.6 Å². The lowest BCUT2D eigenvalue weighted by molar-refractivity contribution is -0.384. The molecule has 22 heavy (non-hydrogen) atoms. The van der Waals surface area contributed by atoms with Gasteiger partial charge >= 0.3 is 5.97 Å². The van der Waals surface area contributed by atoms with Crippen molar-refractivity contribution in [2.75, 3.05) is 6.61 Å². The molecule has 0 aliphatic heterocycles. The molecule has 1 aromatic heterocycles. The van der Waals surface area contributed by atoms with Crippen LogP contribution in [0.3, 0.4) is 0 Å². The Balaban J connectivity index is 2.21. The van der Waals surface area contributed by atoms with Crippen LogP contribution < -0.4 is 0 Å². The number of nitrogens with zero attached hydrogens (tertiary/aromatic N) is 1. The van der Waals surface area contributed by atoms with Gasteiger partial charge < -0.3 is 9.15 Å². The fourth-order valence-electron chi connectivity index (χ4n) is 1.75. The number of hydrogen-bond acceptors (Lipinski definition) is 5. The van der Waals surface area contributed by atoms with E-state index < -0.39 is 10.9 Å². The molecule has 0 radical (unpaired) electrons. The van der Waals surface area contributed by atoms with E-state index in [0.717, 1.165) is 0 Å². The fraction of sp³-hybridized carbons (Fsp3) is 0.133. The number of hydrogen-bond donors (Lipinski definition) is 0. The van der Waals surface area contributed by atoms with Crippen molar-refractivity contribution in [3.63, 3.8) is 0 Å². The van der Waals surface area contributed by atoms with Crippen LogP contribution in [0.1, 0.15) is 12.7 Å². The van der Waals surface area contributed by atoms with Gasteiger partial charge in [0.1, 0.15) is 11.5 Å². The van der Waals surface area contributed by atoms with Crippen molar-refractivity contribution in [3.05, 3.63) is 56.8 Å². The molecule has 7 heteroatoms. The summed E-state index contributed by atoms with van der Waals surface area (Å²) in [6, 6.07) is 7.82. The van der Waals surface area contributed by atoms with Crippen LogP contribution in [0.15, 0.2) is 45.3 Å². The van der Waals surface area contributed by atoms with E-state index in [1.165, 1.54) is 24.3 Å². The lowest BCUT2D eigenvalue weighted by atomic mass is 10.1. The summed E-state index contributed by atoms with van der Waals surface area (Å²) in [7, 11) is 0. The molecule has 6 nitrogen and oxygen atoms in total. The Kier molecular flexibility index (Phi) is 5.11. The maximum absolute atomic E-state index is 11.2. The van der Waals surface area contributed by atoms with E-state index in [4.69, 9.17) is 9.15 Å². The normalized spacial score (nSPS) is 10.8. The first-order valence-electron chi connectivity index (χ1n) is 6.40. The SMILES string of the molecule is CCOC(=O)/C=C/c1ccc(-c2ccc([N+](=O)[O-])cc2Br)o1. The first kappa shape index (κ1) is 16.0. The Morgan fingerprint density at radius 2 is 2.18 bits per heavy atom. The highest BCUT2D eigenvalue weighted by Crippen LogP contribution is 2.32. The smallest absolute Gasteiger partial charge is 0.330 e. The molecular formula is C15H12BrNO5. The van der Waals surface area contributed by atoms with Crippen molar-refractivity contribution in [2.24, 2.45) is 0 Å². The van der Waals surface area contributed by atoms with Crippen LogP contribution >= 0.6 is 15.9 Å². The van der Waals surface area contributed by atoms with Gasteiger partial charge in [0.25, 0.3) is 5.69 Å². The number of non-ortho nitro benzene ring substituents is 1. The van der Waals surface area contributed by atoms with E-state index in [0.29, 0.717) is 28.2 Å². The molecule has 1 heterocycles. The largest absolute Gasteiger partial charge is 0.463 e. The van der Waals surface area contributed by atoms with E-state index in [1.54, 1.807) is 25.1 Å². The average molecular weight is 366 g/mol. The Morgan fingerprint density at radius 3 is 2.82 bits per heavy atom. The van der Waals surface area contributed by atoms with Gasteiger partial charge in [-0.3, -0.25) is 10.1 Å². The molecule has 0 amide bonds. The molecule has 0 saturated carbocycles. The molecule has 0 atom stereocenters. The van der Waals surface area contributed by atoms with Crippen molar-refractivity contribution < 1.29 is 18.9 Å². The van der Waals surface area contributed by atoms with Crippen molar-refractivity contribution >= 4 is 33.7 Å². The van der Waals surface area contributed by atoms with E-state index in [2.05, 4.69) is 15.9 Å². The number of ether oxygens (including phenoxy) is 1. The molecule has 0 N–H and O–H groups in total. The second-order valence-corrected chi connectivity index (χ2v) is 5.06. The zero-order valence-electron chi connectivity index (χ0n) is 11.6. The highest BCUT2D eigenvalue weighted by Gasteiger charge is 2.12. The third kappa shape index (κ3) is 3.82. The highest BCUT2D eigenvalue weighted by atomic mass is 79.9. The first-order valence-corrected chi connectivity index (χ1v) is 7.19. The Hall–Kier alpha value is -2.41. The second-order valence-electron chi connectivity index (χ2n) is 4.21. The number of furan rings is 1. The molecule has 2 aromatic rings. The quantitative estimate of drug-likeness (QED) is 0.343. The van der Waals surface area contributed by atoms with Crippen LogP contribution in [0, 0.1) is 10.1 Å². The molecule has 0 unspecified atom stereocenters. The molecule has 2 rings (SSSR count). The molecule has 0 fully saturated rings. The highest BCUT2D eigenvalue weighted by molar-refractivity contribution is 9.10. The van der Waals surface area contributed by atoms with Crippen molar-refractivity contribution in [1.29, 1.82) is 0 Å². The summed E-state index contributed by atoms with van der Waals surface area (Å²) in [6.45, 7) is 2.03. The van der Waals surface area contributed by atoms with E-state index in [-0.39, 0.29) is 5.69 Å². The summed E-state index contributed by atoms with van der Waals surface area (Å²) < 4.78 is 10.9. The van der Waals surface area contributed by atoms with Gasteiger partial charge in [0.15, 0.2) is 0 Å². The molecule has 114 valence electrons. The number of rotatable bonds is 5. The van der Waals surface area contributed by atoms with Crippen LogP contribution in [0.25, 0.3) is 17.4 Å². The van der Waals surface area contributed by atoms with Gasteiger partial charge in [-0.1, -0.05) is 0 Å². The maximum Gasteiger partial charge on any atom is 0.330 e. The summed E-state index contributed by atoms with van der Waals surface area (Å²) in [6.07, 6.45) is 2.78. The third-order valence-corrected chi connectivity index (χ3v) is 3.38. The molecule has 0 aliphatic rings. The van der Waals surface area contributed by atoms with Gasteiger partial charge in [-0.2, -0.15) is 0 Å². The predicted molar refractivity (Wildman–Crippen MR) is 84.2 cm³/mol. The summed E-state index contributed by atoms with van der Waals surface area (Å²) >= 11 is 3.29. The number of benzene rings is 1. The van der Waals surface area contributed by atoms with Crippen LogP contribution in [0.5, 0.6) is 0 Å². The lowest BCUT2D eigenvalue weighted by Gasteiger charge is -2.00. The van der Waals surface area contributed by atoms with Crippen LogP contribution in [0.2, 0.25) is 0 Å². The van der Waals surface area contributed by atoms with E-state index >= 15 is 0 Å². The minimum Gasteiger partial charge on any atom is -0.463 e. The first-order chi connectivity index (χ1) is 10.5. The van der Waals surface area contributed by atoms with Crippen LogP contribution in [-0.2, 0) is 9.53 Å². The van der Waals surface area contributed by atoms with Gasteiger partial charge in [0.2, 0.25) is 0 Å². The Labute approximate surface area is 134 Å². The monoisotopic (exact) mass is 365 g/mol. The summed E-state index contributed by atoms with van der Waals surface area (Å²) in [5.41, 5.74) is 0.672. The van der Waals surface area contributed by atoms with Crippen LogP contribution in [0.4, 0.5) is 5.69 Å². The van der Waals surface area contributed by atoms with Gasteiger partial charge in [-0.05, 0) is 47.1 Å². The second kappa shape index (κ2) is 7.04. The molecule has 0 spiro atoms. The average Bonchev–Trinajstić information content (AvgIpc) is 2.94. The van der Waals surface area contributed by atoms with Gasteiger partial charge in [0.05, 0.1) is 11.5 Å². The van der Waals surface area contributed by atoms with Crippen LogP contribution in [-0.4, -0.2) is 17.5 Å². The predicted octanol–water partition coefficient (Wildman–Crippen LogP) is 4.19. The summed E-state index contributed by atoms with van der Waals surface area (Å²) in [5, 5.41) is 10.7. The number of esters is 1. The van der Waals surface area contributed by atoms with E-state index in [9.17, 15) is 14.9 Å². The Morgan fingerprint density at radius 1 is 1.41 bits per heavy atom. The van der Waals surface area contributed by atoms with Gasteiger partial charge in [-0.25, -0.2) is 4.79 Å². The molecular weight excluding hydrogens is 354 g/mol. The zero-order valence-corrected chi connectivity index (χ0v) is 13.2. The molecule has 0 saturated heterocycles. The minimum absolute atomic E-state index is 0.00962. The number of nitro groups is 1. The maximum atomic E-state index is 11.2.